The molecule has 1 aliphatic rings. The van der Waals surface area contributed by atoms with Gasteiger partial charge in [-0.3, -0.25) is 0 Å². The van der Waals surface area contributed by atoms with Crippen LogP contribution in [0.15, 0.2) is 36.4 Å². The van der Waals surface area contributed by atoms with Gasteiger partial charge in [0.25, 0.3) is 0 Å². The van der Waals surface area contributed by atoms with E-state index in [4.69, 9.17) is 18.9 Å². The number of methoxy groups -OCH3 is 4. The van der Waals surface area contributed by atoms with Crippen molar-refractivity contribution in [2.75, 3.05) is 60.1 Å². The highest BCUT2D eigenvalue weighted by Crippen LogP contribution is 2.47. The summed E-state index contributed by atoms with van der Waals surface area (Å²) < 4.78 is 73.2. The lowest BCUT2D eigenvalue weighted by Crippen LogP contribution is -2.50. The van der Waals surface area contributed by atoms with Crippen molar-refractivity contribution >= 4 is 32.1 Å². The number of likely N-dealkylation sites (N-methyl/N-ethyl adjacent to an activating group) is 1. The summed E-state index contributed by atoms with van der Waals surface area (Å²) in [5.74, 6) is 1.68. The molecule has 0 unspecified atom stereocenters. The van der Waals surface area contributed by atoms with Gasteiger partial charge in [-0.25, -0.2) is 16.8 Å². The summed E-state index contributed by atoms with van der Waals surface area (Å²) in [5, 5.41) is 0. The first-order valence-corrected chi connectivity index (χ1v) is 15.4. The maximum Gasteiger partial charge on any atom is 0.198 e. The van der Waals surface area contributed by atoms with E-state index in [0.717, 1.165) is 12.0 Å². The normalized spacial score (nSPS) is 17.3. The van der Waals surface area contributed by atoms with E-state index in [1.807, 2.05) is 25.2 Å². The first-order valence-electron chi connectivity index (χ1n) is 12.1. The predicted octanol–water partition coefficient (Wildman–Crippen LogP) is 3.48. The number of ether oxygens (including phenoxy) is 4. The van der Waals surface area contributed by atoms with Gasteiger partial charge in [-0.2, -0.15) is 0 Å². The molecule has 0 saturated carbocycles. The molecule has 0 spiro atoms. The zero-order chi connectivity index (χ0) is 27.3. The number of halogens is 1. The predicted molar refractivity (Wildman–Crippen MR) is 151 cm³/mol. The molecule has 9 nitrogen and oxygen atoms in total. The highest BCUT2D eigenvalue weighted by atomic mass is 35.5. The molecule has 3 rings (SSSR count). The third kappa shape index (κ3) is 6.32. The largest absolute Gasteiger partial charge is 0.493 e. The topological polar surface area (TPSA) is 108 Å². The zero-order valence-electron chi connectivity index (χ0n) is 22.6. The average Bonchev–Trinajstić information content (AvgIpc) is 2.88. The summed E-state index contributed by atoms with van der Waals surface area (Å²) >= 11 is 0. The van der Waals surface area contributed by atoms with Crippen molar-refractivity contribution in [2.24, 2.45) is 0 Å². The van der Waals surface area contributed by atoms with Crippen LogP contribution < -0.4 is 18.9 Å². The fraction of sp³-hybridized carbons (Fsp3) is 0.538. The van der Waals surface area contributed by atoms with Crippen molar-refractivity contribution in [3.8, 4) is 23.0 Å². The van der Waals surface area contributed by atoms with Crippen molar-refractivity contribution in [2.45, 2.75) is 29.8 Å². The first-order chi connectivity index (χ1) is 17.5. The van der Waals surface area contributed by atoms with E-state index in [1.54, 1.807) is 20.3 Å². The van der Waals surface area contributed by atoms with Crippen molar-refractivity contribution < 1.29 is 35.8 Å². The molecule has 0 amide bonds. The maximum atomic E-state index is 13.5. The number of rotatable bonds is 12. The van der Waals surface area contributed by atoms with Gasteiger partial charge in [0.05, 0.1) is 39.9 Å². The van der Waals surface area contributed by atoms with Gasteiger partial charge in [0.15, 0.2) is 46.8 Å². The van der Waals surface area contributed by atoms with E-state index in [2.05, 4.69) is 4.90 Å². The summed E-state index contributed by atoms with van der Waals surface area (Å²) in [7, 11) is 0.0553. The lowest BCUT2D eigenvalue weighted by Gasteiger charge is -2.37. The molecule has 0 N–H and O–H groups in total. The average molecular weight is 592 g/mol. The summed E-state index contributed by atoms with van der Waals surface area (Å²) in [6.07, 6.45) is 1.20. The molecule has 0 radical (unpaired) electrons. The van der Waals surface area contributed by atoms with Gasteiger partial charge in [0.1, 0.15) is 0 Å². The first kappa shape index (κ1) is 32.0. The van der Waals surface area contributed by atoms with Gasteiger partial charge in [-0.05, 0) is 74.7 Å². The van der Waals surface area contributed by atoms with E-state index in [1.165, 1.54) is 26.4 Å². The SMILES string of the molecule is COc1ccc(CCN(C)CCCC2(c3ccc(OC)c(OC)c3)S(=O)(=O)CCCS2(=O)=O)cc1OC.Cl. The van der Waals surface area contributed by atoms with Crippen LogP contribution in [0.2, 0.25) is 0 Å². The van der Waals surface area contributed by atoms with Gasteiger partial charge in [-0.1, -0.05) is 12.1 Å². The fourth-order valence-electron chi connectivity index (χ4n) is 4.90. The number of benzene rings is 2. The van der Waals surface area contributed by atoms with Crippen LogP contribution in [-0.2, 0) is 30.2 Å². The molecule has 2 aromatic carbocycles. The molecule has 0 bridgehead atoms. The van der Waals surface area contributed by atoms with Crippen molar-refractivity contribution in [3.63, 3.8) is 0 Å². The van der Waals surface area contributed by atoms with Crippen LogP contribution in [0.1, 0.15) is 30.4 Å². The molecule has 2 aromatic rings. The molecule has 12 heteroatoms. The highest BCUT2D eigenvalue weighted by molar-refractivity contribution is 8.10. The van der Waals surface area contributed by atoms with Crippen LogP contribution in [0, 0.1) is 0 Å². The number of hydrogen-bond acceptors (Lipinski definition) is 9. The third-order valence-electron chi connectivity index (χ3n) is 6.93. The third-order valence-corrected chi connectivity index (χ3v) is 13.0. The zero-order valence-corrected chi connectivity index (χ0v) is 25.0. The standard InChI is InChI=1S/C26H37NO8S2.ClH/c1-27(15-12-20-8-10-22(32-2)24(18-20)34-4)14-6-13-26(36(28,29)16-7-17-37(26,30)31)21-9-11-23(33-3)25(19-21)35-5;/h8-11,18-19H,6-7,12-17H2,1-5H3;1H. The van der Waals surface area contributed by atoms with Gasteiger partial charge < -0.3 is 23.8 Å². The highest BCUT2D eigenvalue weighted by Gasteiger charge is 2.57. The monoisotopic (exact) mass is 591 g/mol. The Balaban J connectivity index is 0.00000507. The maximum absolute atomic E-state index is 13.5. The molecule has 0 aromatic heterocycles. The minimum atomic E-state index is -3.99. The molecular weight excluding hydrogens is 554 g/mol. The van der Waals surface area contributed by atoms with E-state index in [9.17, 15) is 16.8 Å². The van der Waals surface area contributed by atoms with E-state index < -0.39 is 23.8 Å². The van der Waals surface area contributed by atoms with Crippen LogP contribution in [0.4, 0.5) is 0 Å². The second kappa shape index (κ2) is 13.2. The van der Waals surface area contributed by atoms with Crippen LogP contribution in [0.5, 0.6) is 23.0 Å². The van der Waals surface area contributed by atoms with Gasteiger partial charge in [0.2, 0.25) is 0 Å². The van der Waals surface area contributed by atoms with E-state index in [0.29, 0.717) is 42.5 Å². The Kier molecular flexibility index (Phi) is 11.1. The Labute approximate surface area is 232 Å². The Bertz CT molecular complexity index is 1260. The van der Waals surface area contributed by atoms with E-state index >= 15 is 0 Å². The molecule has 0 aliphatic carbocycles. The number of hydrogen-bond donors (Lipinski definition) is 0. The molecule has 1 heterocycles. The number of nitrogens with zero attached hydrogens (tertiary/aromatic N) is 1. The van der Waals surface area contributed by atoms with Gasteiger partial charge in [0, 0.05) is 6.54 Å². The quantitative estimate of drug-likeness (QED) is 0.366. The summed E-state index contributed by atoms with van der Waals surface area (Å²) in [4.78, 5) is 2.07. The fourth-order valence-corrected chi connectivity index (χ4v) is 10.7. The van der Waals surface area contributed by atoms with Crippen molar-refractivity contribution in [1.29, 1.82) is 0 Å². The van der Waals surface area contributed by atoms with Crippen molar-refractivity contribution in [3.05, 3.63) is 47.5 Å². The summed E-state index contributed by atoms with van der Waals surface area (Å²) in [5.41, 5.74) is 1.28. The lowest BCUT2D eigenvalue weighted by atomic mass is 10.1. The molecule has 38 heavy (non-hydrogen) atoms. The second-order valence-corrected chi connectivity index (χ2v) is 14.1. The Morgan fingerprint density at radius 3 is 1.84 bits per heavy atom. The molecule has 1 fully saturated rings. The van der Waals surface area contributed by atoms with E-state index in [-0.39, 0.29) is 42.3 Å². The Hall–Kier alpha value is -2.21. The van der Waals surface area contributed by atoms with Crippen LogP contribution >= 0.6 is 12.4 Å². The van der Waals surface area contributed by atoms with Crippen LogP contribution in [-0.4, -0.2) is 81.8 Å². The smallest absolute Gasteiger partial charge is 0.198 e. The van der Waals surface area contributed by atoms with Crippen LogP contribution in [0.3, 0.4) is 0 Å². The van der Waals surface area contributed by atoms with Gasteiger partial charge >= 0.3 is 0 Å². The minimum absolute atomic E-state index is 0. The van der Waals surface area contributed by atoms with Crippen molar-refractivity contribution in [1.82, 2.24) is 4.90 Å². The molecule has 1 aliphatic heterocycles. The lowest BCUT2D eigenvalue weighted by molar-refractivity contribution is 0.324. The Morgan fingerprint density at radius 1 is 0.763 bits per heavy atom. The second-order valence-electron chi connectivity index (χ2n) is 9.16. The molecule has 1 saturated heterocycles. The Morgan fingerprint density at radius 2 is 1.29 bits per heavy atom. The summed E-state index contributed by atoms with van der Waals surface area (Å²) in [6, 6.07) is 10.3. The minimum Gasteiger partial charge on any atom is -0.493 e. The summed E-state index contributed by atoms with van der Waals surface area (Å²) in [6.45, 7) is 1.24. The molecular formula is C26H38ClNO8S2. The van der Waals surface area contributed by atoms with Gasteiger partial charge in [-0.15, -0.1) is 12.4 Å². The van der Waals surface area contributed by atoms with Crippen LogP contribution in [0.25, 0.3) is 0 Å². The molecule has 214 valence electrons. The molecule has 0 atom stereocenters. The number of sulfone groups is 2.